The van der Waals surface area contributed by atoms with Gasteiger partial charge in [-0.05, 0) is 12.1 Å². The molecule has 1 aromatic heterocycles. The van der Waals surface area contributed by atoms with Crippen LogP contribution in [0.1, 0.15) is 33.7 Å². The molecule has 1 aromatic carbocycles. The molecule has 0 aliphatic carbocycles. The second-order valence-electron chi connectivity index (χ2n) is 9.02. The number of aromatic nitrogens is 3. The van der Waals surface area contributed by atoms with E-state index in [0.717, 1.165) is 27.9 Å². The summed E-state index contributed by atoms with van der Waals surface area (Å²) in [4.78, 5) is 60.8. The van der Waals surface area contributed by atoms with Crippen LogP contribution in [0.5, 0.6) is 0 Å². The molecule has 0 saturated heterocycles. The van der Waals surface area contributed by atoms with Crippen LogP contribution in [0, 0.1) is 0 Å². The molecule has 0 bridgehead atoms. The lowest BCUT2D eigenvalue weighted by molar-refractivity contribution is -0.188. The number of carbonyl (C=O) groups is 5. The molecule has 1 amide bonds. The van der Waals surface area contributed by atoms with Crippen molar-refractivity contribution in [1.82, 2.24) is 20.3 Å². The Labute approximate surface area is 234 Å². The number of esters is 4. The first-order valence-electron chi connectivity index (χ1n) is 12.4. The third-order valence-electron chi connectivity index (χ3n) is 5.88. The molecule has 1 aliphatic rings. The Bertz CT molecular complexity index is 1340. The normalized spacial score (nSPS) is 19.4. The first-order valence-corrected chi connectivity index (χ1v) is 12.4. The molecular formula is C26H31N5O10. The van der Waals surface area contributed by atoms with Crippen molar-refractivity contribution in [2.24, 2.45) is 0 Å². The van der Waals surface area contributed by atoms with Gasteiger partial charge in [0, 0.05) is 38.9 Å². The van der Waals surface area contributed by atoms with Gasteiger partial charge in [0.15, 0.2) is 18.3 Å². The van der Waals surface area contributed by atoms with Gasteiger partial charge in [-0.3, -0.25) is 19.2 Å². The number of nitrogens with zero attached hydrogens (tertiary/aromatic N) is 3. The van der Waals surface area contributed by atoms with Gasteiger partial charge in [-0.15, -0.1) is 5.10 Å². The maximum atomic E-state index is 12.7. The summed E-state index contributed by atoms with van der Waals surface area (Å²) in [6.07, 6.45) is -1.37. The average Bonchev–Trinajstić information content (AvgIpc) is 3.39. The second-order valence-corrected chi connectivity index (χ2v) is 9.02. The topological polar surface area (TPSA) is 200 Å². The highest BCUT2D eigenvalue weighted by atomic mass is 16.6. The molecule has 3 rings (SSSR count). The van der Waals surface area contributed by atoms with E-state index in [9.17, 15) is 24.0 Å². The van der Waals surface area contributed by atoms with Gasteiger partial charge in [0.25, 0.3) is 0 Å². The maximum absolute atomic E-state index is 12.7. The lowest BCUT2D eigenvalue weighted by Crippen LogP contribution is -2.60. The Morgan fingerprint density at radius 3 is 2.32 bits per heavy atom. The summed E-state index contributed by atoms with van der Waals surface area (Å²) in [6.45, 7) is 4.06. The van der Waals surface area contributed by atoms with Crippen LogP contribution in [0.3, 0.4) is 0 Å². The number of benzene rings is 1. The Hall–Kier alpha value is -4.95. The van der Waals surface area contributed by atoms with Gasteiger partial charge in [0.05, 0.1) is 25.4 Å². The minimum atomic E-state index is -1.49. The minimum Gasteiger partial charge on any atom is -0.477 e. The number of nitrogen functional groups attached to an aromatic ring is 1. The lowest BCUT2D eigenvalue weighted by Gasteiger charge is -2.41. The zero-order chi connectivity index (χ0) is 30.3. The minimum absolute atomic E-state index is 0.313. The van der Waals surface area contributed by atoms with Gasteiger partial charge in [-0.2, -0.15) is 0 Å². The number of amides is 1. The second kappa shape index (κ2) is 13.4. The summed E-state index contributed by atoms with van der Waals surface area (Å²) in [5.74, 6) is -4.01. The molecular weight excluding hydrogens is 542 g/mol. The van der Waals surface area contributed by atoms with Crippen molar-refractivity contribution in [2.45, 2.75) is 58.1 Å². The number of para-hydroxylation sites is 1. The SMILES string of the molecule is COC(=O)C1=C[C@H](n2cc(-c3ccccc3N)nn2)[C@@H](NC(C)=O)[C@H]([C@H](OC(C)=O)[C@@H](COC(C)=O)OC(C)=O)O1. The number of nitrogens with one attached hydrogen (secondary N) is 1. The summed E-state index contributed by atoms with van der Waals surface area (Å²) in [7, 11) is 1.13. The fourth-order valence-electron chi connectivity index (χ4n) is 4.27. The van der Waals surface area contributed by atoms with E-state index >= 15 is 0 Å². The van der Waals surface area contributed by atoms with E-state index in [1.165, 1.54) is 17.7 Å². The molecule has 2 heterocycles. The molecule has 0 saturated carbocycles. The van der Waals surface area contributed by atoms with Crippen molar-refractivity contribution in [3.63, 3.8) is 0 Å². The number of nitrogens with two attached hydrogens (primary N) is 1. The summed E-state index contributed by atoms with van der Waals surface area (Å²) in [5.41, 5.74) is 7.52. The molecule has 3 N–H and O–H groups in total. The molecule has 2 aromatic rings. The Kier molecular flexibility index (Phi) is 10.0. The van der Waals surface area contributed by atoms with Crippen molar-refractivity contribution in [3.8, 4) is 11.3 Å². The highest BCUT2D eigenvalue weighted by molar-refractivity contribution is 5.86. The molecule has 0 spiro atoms. The number of anilines is 1. The fourth-order valence-corrected chi connectivity index (χ4v) is 4.27. The summed E-state index contributed by atoms with van der Waals surface area (Å²) in [6, 6.07) is 4.90. The third kappa shape index (κ3) is 7.80. The lowest BCUT2D eigenvalue weighted by atomic mass is 9.91. The van der Waals surface area contributed by atoms with Crippen molar-refractivity contribution in [3.05, 3.63) is 42.3 Å². The van der Waals surface area contributed by atoms with E-state index in [2.05, 4.69) is 15.6 Å². The molecule has 15 heteroatoms. The quantitative estimate of drug-likeness (QED) is 0.226. The molecule has 15 nitrogen and oxygen atoms in total. The summed E-state index contributed by atoms with van der Waals surface area (Å²) in [5, 5.41) is 11.1. The Balaban J connectivity index is 2.16. The van der Waals surface area contributed by atoms with E-state index in [-0.39, 0.29) is 5.76 Å². The average molecular weight is 574 g/mol. The van der Waals surface area contributed by atoms with E-state index in [0.29, 0.717) is 16.9 Å². The smallest absolute Gasteiger partial charge is 0.373 e. The van der Waals surface area contributed by atoms with Gasteiger partial charge in [0.2, 0.25) is 11.7 Å². The van der Waals surface area contributed by atoms with Gasteiger partial charge >= 0.3 is 23.9 Å². The number of hydrogen-bond donors (Lipinski definition) is 2. The number of carbonyl (C=O) groups excluding carboxylic acids is 5. The van der Waals surface area contributed by atoms with Crippen LogP contribution in [-0.4, -0.2) is 82.8 Å². The first kappa shape index (κ1) is 30.6. The monoisotopic (exact) mass is 573 g/mol. The number of methoxy groups -OCH3 is 1. The van der Waals surface area contributed by atoms with Crippen LogP contribution in [0.4, 0.5) is 5.69 Å². The fraction of sp³-hybridized carbons (Fsp3) is 0.423. The molecule has 0 unspecified atom stereocenters. The predicted molar refractivity (Wildman–Crippen MR) is 139 cm³/mol. The van der Waals surface area contributed by atoms with Crippen LogP contribution in [0.2, 0.25) is 0 Å². The molecule has 0 fully saturated rings. The van der Waals surface area contributed by atoms with E-state index in [1.807, 2.05) is 0 Å². The highest BCUT2D eigenvalue weighted by Gasteiger charge is 2.48. The van der Waals surface area contributed by atoms with Gasteiger partial charge < -0.3 is 34.7 Å². The van der Waals surface area contributed by atoms with Crippen LogP contribution >= 0.6 is 0 Å². The first-order chi connectivity index (χ1) is 19.4. The number of hydrogen-bond acceptors (Lipinski definition) is 13. The van der Waals surface area contributed by atoms with Crippen LogP contribution in [-0.2, 0) is 47.7 Å². The third-order valence-corrected chi connectivity index (χ3v) is 5.88. The molecule has 5 atom stereocenters. The Morgan fingerprint density at radius 1 is 1.05 bits per heavy atom. The standard InChI is InChI=1S/C26H31N5O10/c1-13(32)28-23-20(31-11-19(29-30-31)17-8-6-7-9-18(17)27)10-21(26(36)37-5)41-25(23)24(40-16(4)35)22(39-15(3)34)12-38-14(2)33/h6-11,20,22-25H,12,27H2,1-5H3,(H,28,32)/t20-,22+,23+,24+,25+/m0/s1. The number of rotatable bonds is 10. The van der Waals surface area contributed by atoms with Gasteiger partial charge in [-0.25, -0.2) is 9.48 Å². The molecule has 0 radical (unpaired) electrons. The van der Waals surface area contributed by atoms with Crippen molar-refractivity contribution >= 4 is 35.5 Å². The zero-order valence-electron chi connectivity index (χ0n) is 23.1. The number of ether oxygens (including phenoxy) is 5. The molecule has 41 heavy (non-hydrogen) atoms. The van der Waals surface area contributed by atoms with Crippen molar-refractivity contribution in [2.75, 3.05) is 19.5 Å². The van der Waals surface area contributed by atoms with E-state index in [1.54, 1.807) is 30.5 Å². The van der Waals surface area contributed by atoms with E-state index < -0.39 is 66.8 Å². The van der Waals surface area contributed by atoms with Crippen LogP contribution < -0.4 is 11.1 Å². The molecule has 220 valence electrons. The van der Waals surface area contributed by atoms with Crippen LogP contribution in [0.25, 0.3) is 11.3 Å². The van der Waals surface area contributed by atoms with Crippen molar-refractivity contribution < 1.29 is 47.7 Å². The van der Waals surface area contributed by atoms with Crippen molar-refractivity contribution in [1.29, 1.82) is 0 Å². The van der Waals surface area contributed by atoms with E-state index in [4.69, 9.17) is 29.4 Å². The summed E-state index contributed by atoms with van der Waals surface area (Å²) < 4.78 is 28.0. The van der Waals surface area contributed by atoms with Gasteiger partial charge in [-0.1, -0.05) is 23.4 Å². The predicted octanol–water partition coefficient (Wildman–Crippen LogP) is 0.455. The van der Waals surface area contributed by atoms with Crippen LogP contribution in [0.15, 0.2) is 42.3 Å². The maximum Gasteiger partial charge on any atom is 0.373 e. The highest BCUT2D eigenvalue weighted by Crippen LogP contribution is 2.33. The van der Waals surface area contributed by atoms with Gasteiger partial charge in [0.1, 0.15) is 12.3 Å². The zero-order valence-corrected chi connectivity index (χ0v) is 23.1. The Morgan fingerprint density at radius 2 is 1.73 bits per heavy atom. The largest absolute Gasteiger partial charge is 0.477 e. The molecule has 1 aliphatic heterocycles. The summed E-state index contributed by atoms with van der Waals surface area (Å²) >= 11 is 0.